The Kier molecular flexibility index (Phi) is 5.43. The van der Waals surface area contributed by atoms with Crippen LogP contribution in [0, 0.1) is 11.3 Å². The van der Waals surface area contributed by atoms with Crippen LogP contribution in [0.3, 0.4) is 0 Å². The fourth-order valence-corrected chi connectivity index (χ4v) is 3.54. The highest BCUT2D eigenvalue weighted by atomic mass is 16.5. The van der Waals surface area contributed by atoms with Crippen LogP contribution >= 0.6 is 0 Å². The zero-order valence-corrected chi connectivity index (χ0v) is 13.3. The molecule has 0 unspecified atom stereocenters. The van der Waals surface area contributed by atoms with Crippen molar-refractivity contribution >= 4 is 11.9 Å². The molecule has 0 bridgehead atoms. The van der Waals surface area contributed by atoms with Gasteiger partial charge in [-0.15, -0.1) is 0 Å². The first kappa shape index (κ1) is 16.1. The SMILES string of the molecule is CCOC(=O)C[C@@H](C)[C@@]1(C(=O)N2CCCCC2)C=CCC1. The summed E-state index contributed by atoms with van der Waals surface area (Å²) in [6.45, 7) is 5.94. The molecular weight excluding hydrogens is 266 g/mol. The summed E-state index contributed by atoms with van der Waals surface area (Å²) in [7, 11) is 0. The van der Waals surface area contributed by atoms with Gasteiger partial charge in [0.15, 0.2) is 0 Å². The molecule has 2 atom stereocenters. The Morgan fingerprint density at radius 3 is 2.57 bits per heavy atom. The molecule has 1 fully saturated rings. The van der Waals surface area contributed by atoms with Crippen LogP contribution in [-0.2, 0) is 14.3 Å². The van der Waals surface area contributed by atoms with Crippen molar-refractivity contribution in [3.8, 4) is 0 Å². The summed E-state index contributed by atoms with van der Waals surface area (Å²) in [5.74, 6) is 0.00796. The van der Waals surface area contributed by atoms with E-state index in [1.165, 1.54) is 6.42 Å². The van der Waals surface area contributed by atoms with Crippen molar-refractivity contribution in [1.82, 2.24) is 4.90 Å². The smallest absolute Gasteiger partial charge is 0.306 e. The molecular formula is C17H27NO3. The fourth-order valence-electron chi connectivity index (χ4n) is 3.54. The summed E-state index contributed by atoms with van der Waals surface area (Å²) in [6.07, 6.45) is 9.60. The number of piperidine rings is 1. The molecule has 1 aliphatic heterocycles. The van der Waals surface area contributed by atoms with Gasteiger partial charge in [0.2, 0.25) is 5.91 Å². The summed E-state index contributed by atoms with van der Waals surface area (Å²) in [4.78, 5) is 26.8. The van der Waals surface area contributed by atoms with E-state index in [0.29, 0.717) is 13.0 Å². The lowest BCUT2D eigenvalue weighted by molar-refractivity contribution is -0.148. The average Bonchev–Trinajstić information content (AvgIpc) is 2.98. The molecule has 4 nitrogen and oxygen atoms in total. The number of ether oxygens (including phenoxy) is 1. The van der Waals surface area contributed by atoms with Gasteiger partial charge in [-0.3, -0.25) is 9.59 Å². The van der Waals surface area contributed by atoms with Crippen LogP contribution in [0.25, 0.3) is 0 Å². The number of hydrogen-bond donors (Lipinski definition) is 0. The maximum atomic E-state index is 13.0. The molecule has 0 aromatic carbocycles. The molecule has 1 heterocycles. The number of rotatable bonds is 5. The summed E-state index contributed by atoms with van der Waals surface area (Å²) >= 11 is 0. The van der Waals surface area contributed by atoms with Crippen molar-refractivity contribution in [2.75, 3.05) is 19.7 Å². The minimum absolute atomic E-state index is 0.00951. The molecule has 1 aliphatic carbocycles. The van der Waals surface area contributed by atoms with E-state index in [2.05, 4.69) is 6.08 Å². The van der Waals surface area contributed by atoms with Crippen LogP contribution in [-0.4, -0.2) is 36.5 Å². The minimum Gasteiger partial charge on any atom is -0.466 e. The second-order valence-electron chi connectivity index (χ2n) is 6.24. The molecule has 0 saturated carbocycles. The molecule has 0 radical (unpaired) electrons. The number of nitrogens with zero attached hydrogens (tertiary/aromatic N) is 1. The molecule has 1 saturated heterocycles. The van der Waals surface area contributed by atoms with E-state index in [0.717, 1.165) is 38.8 Å². The number of amides is 1. The summed E-state index contributed by atoms with van der Waals surface area (Å²) in [5.41, 5.74) is -0.496. The molecule has 0 spiro atoms. The Morgan fingerprint density at radius 1 is 1.29 bits per heavy atom. The lowest BCUT2D eigenvalue weighted by Crippen LogP contribution is -2.48. The van der Waals surface area contributed by atoms with Crippen molar-refractivity contribution in [1.29, 1.82) is 0 Å². The van der Waals surface area contributed by atoms with Gasteiger partial charge in [0, 0.05) is 19.5 Å². The minimum atomic E-state index is -0.496. The molecule has 2 rings (SSSR count). The highest BCUT2D eigenvalue weighted by molar-refractivity contribution is 5.86. The Hall–Kier alpha value is -1.32. The molecule has 21 heavy (non-hydrogen) atoms. The maximum absolute atomic E-state index is 13.0. The van der Waals surface area contributed by atoms with E-state index in [-0.39, 0.29) is 17.8 Å². The molecule has 0 aromatic heterocycles. The molecule has 118 valence electrons. The van der Waals surface area contributed by atoms with E-state index in [1.54, 1.807) is 0 Å². The zero-order chi connectivity index (χ0) is 15.3. The zero-order valence-electron chi connectivity index (χ0n) is 13.3. The van der Waals surface area contributed by atoms with Gasteiger partial charge in [-0.1, -0.05) is 19.1 Å². The van der Waals surface area contributed by atoms with E-state index < -0.39 is 5.41 Å². The molecule has 2 aliphatic rings. The predicted octanol–water partition coefficient (Wildman–Crippen LogP) is 2.92. The maximum Gasteiger partial charge on any atom is 0.306 e. The summed E-state index contributed by atoms with van der Waals surface area (Å²) in [5, 5.41) is 0. The lowest BCUT2D eigenvalue weighted by atomic mass is 9.73. The third kappa shape index (κ3) is 3.47. The van der Waals surface area contributed by atoms with E-state index in [9.17, 15) is 9.59 Å². The van der Waals surface area contributed by atoms with Crippen LogP contribution in [0.4, 0.5) is 0 Å². The Bertz CT molecular complexity index is 412. The molecule has 4 heteroatoms. The van der Waals surface area contributed by atoms with Gasteiger partial charge in [0.25, 0.3) is 0 Å². The van der Waals surface area contributed by atoms with Gasteiger partial charge < -0.3 is 9.64 Å². The van der Waals surface area contributed by atoms with E-state index in [4.69, 9.17) is 4.74 Å². The fraction of sp³-hybridized carbons (Fsp3) is 0.765. The van der Waals surface area contributed by atoms with Crippen LogP contribution < -0.4 is 0 Å². The Morgan fingerprint density at radius 2 is 2.00 bits per heavy atom. The first-order chi connectivity index (χ1) is 10.1. The van der Waals surface area contributed by atoms with Crippen molar-refractivity contribution in [2.24, 2.45) is 11.3 Å². The van der Waals surface area contributed by atoms with Crippen molar-refractivity contribution in [3.05, 3.63) is 12.2 Å². The first-order valence-corrected chi connectivity index (χ1v) is 8.23. The Balaban J connectivity index is 2.10. The highest BCUT2D eigenvalue weighted by Crippen LogP contribution is 2.43. The highest BCUT2D eigenvalue weighted by Gasteiger charge is 2.45. The lowest BCUT2D eigenvalue weighted by Gasteiger charge is -2.39. The van der Waals surface area contributed by atoms with E-state index >= 15 is 0 Å². The van der Waals surface area contributed by atoms with Gasteiger partial charge in [0.1, 0.15) is 0 Å². The van der Waals surface area contributed by atoms with Crippen LogP contribution in [0.15, 0.2) is 12.2 Å². The quantitative estimate of drug-likeness (QED) is 0.578. The number of likely N-dealkylation sites (tertiary alicyclic amines) is 1. The average molecular weight is 293 g/mol. The van der Waals surface area contributed by atoms with E-state index in [1.807, 2.05) is 24.8 Å². The van der Waals surface area contributed by atoms with Gasteiger partial charge in [-0.2, -0.15) is 0 Å². The third-order valence-electron chi connectivity index (χ3n) is 4.84. The molecule has 1 amide bonds. The standard InChI is InChI=1S/C17H27NO3/c1-3-21-15(19)13-14(2)17(9-5-6-10-17)16(20)18-11-7-4-8-12-18/h5,9,14H,3-4,6-8,10-13H2,1-2H3/t14-,17-/m1/s1. The largest absolute Gasteiger partial charge is 0.466 e. The number of allylic oxidation sites excluding steroid dienone is 1. The van der Waals surface area contributed by atoms with Gasteiger partial charge in [0.05, 0.1) is 12.0 Å². The van der Waals surface area contributed by atoms with Crippen LogP contribution in [0.1, 0.15) is 52.4 Å². The number of esters is 1. The third-order valence-corrected chi connectivity index (χ3v) is 4.84. The normalized spacial score (nSPS) is 26.7. The van der Waals surface area contributed by atoms with Crippen LogP contribution in [0.2, 0.25) is 0 Å². The number of carbonyl (C=O) groups is 2. The van der Waals surface area contributed by atoms with Crippen molar-refractivity contribution in [3.63, 3.8) is 0 Å². The first-order valence-electron chi connectivity index (χ1n) is 8.23. The second kappa shape index (κ2) is 7.10. The number of carbonyl (C=O) groups excluding carboxylic acids is 2. The van der Waals surface area contributed by atoms with Crippen molar-refractivity contribution < 1.29 is 14.3 Å². The second-order valence-corrected chi connectivity index (χ2v) is 6.24. The Labute approximate surface area is 127 Å². The van der Waals surface area contributed by atoms with Gasteiger partial charge >= 0.3 is 5.97 Å². The number of hydrogen-bond acceptors (Lipinski definition) is 3. The van der Waals surface area contributed by atoms with Crippen molar-refractivity contribution in [2.45, 2.75) is 52.4 Å². The topological polar surface area (TPSA) is 46.6 Å². The molecule has 0 N–H and O–H groups in total. The molecule has 0 aromatic rings. The van der Waals surface area contributed by atoms with Crippen LogP contribution in [0.5, 0.6) is 0 Å². The summed E-state index contributed by atoms with van der Waals surface area (Å²) in [6, 6.07) is 0. The van der Waals surface area contributed by atoms with Gasteiger partial charge in [-0.05, 0) is 44.9 Å². The summed E-state index contributed by atoms with van der Waals surface area (Å²) < 4.78 is 5.05. The van der Waals surface area contributed by atoms with Gasteiger partial charge in [-0.25, -0.2) is 0 Å². The predicted molar refractivity (Wildman–Crippen MR) is 81.7 cm³/mol. The monoisotopic (exact) mass is 293 g/mol.